The third-order valence-corrected chi connectivity index (χ3v) is 5.75. The number of thioether (sulfide) groups is 1. The van der Waals surface area contributed by atoms with Crippen molar-refractivity contribution < 1.29 is 27.1 Å². The molecule has 1 aromatic carbocycles. The van der Waals surface area contributed by atoms with Crippen LogP contribution in [-0.2, 0) is 6.18 Å². The Morgan fingerprint density at radius 1 is 1.17 bits per heavy atom. The van der Waals surface area contributed by atoms with Crippen LogP contribution in [0.15, 0.2) is 17.0 Å². The van der Waals surface area contributed by atoms with Gasteiger partial charge >= 0.3 is 6.18 Å². The van der Waals surface area contributed by atoms with Crippen LogP contribution in [0, 0.1) is 0 Å². The summed E-state index contributed by atoms with van der Waals surface area (Å²) in [7, 11) is 0. The normalized spacial score (nSPS) is 22.1. The lowest BCUT2D eigenvalue weighted by Crippen LogP contribution is -2.41. The third kappa shape index (κ3) is 3.58. The highest BCUT2D eigenvalue weighted by Crippen LogP contribution is 2.46. The molecule has 0 amide bonds. The molecule has 1 aliphatic carbocycles. The molecule has 134 valence electrons. The first-order valence-corrected chi connectivity index (χ1v) is 8.87. The van der Waals surface area contributed by atoms with Gasteiger partial charge in [0.2, 0.25) is 5.92 Å². The highest BCUT2D eigenvalue weighted by Gasteiger charge is 2.39. The van der Waals surface area contributed by atoms with Gasteiger partial charge in [0.25, 0.3) is 0 Å². The van der Waals surface area contributed by atoms with E-state index in [0.717, 1.165) is 24.3 Å². The second kappa shape index (κ2) is 6.28. The highest BCUT2D eigenvalue weighted by molar-refractivity contribution is 7.99. The van der Waals surface area contributed by atoms with Gasteiger partial charge in [0, 0.05) is 30.3 Å². The van der Waals surface area contributed by atoms with Crippen LogP contribution in [0.3, 0.4) is 0 Å². The van der Waals surface area contributed by atoms with Crippen LogP contribution in [0.25, 0.3) is 0 Å². The summed E-state index contributed by atoms with van der Waals surface area (Å²) in [5.74, 6) is -2.74. The number of alkyl halides is 5. The SMILES string of the molecule is Oc1cc2c(cc1C(F)(F)F)N(C1CCC(F)(F)CC1)CCCS2. The summed E-state index contributed by atoms with van der Waals surface area (Å²) in [6, 6.07) is 1.93. The van der Waals surface area contributed by atoms with Gasteiger partial charge in [-0.1, -0.05) is 0 Å². The summed E-state index contributed by atoms with van der Waals surface area (Å²) >= 11 is 1.39. The molecule has 1 saturated carbocycles. The van der Waals surface area contributed by atoms with Crippen molar-refractivity contribution in [3.8, 4) is 5.75 Å². The Morgan fingerprint density at radius 2 is 1.83 bits per heavy atom. The van der Waals surface area contributed by atoms with Crippen LogP contribution >= 0.6 is 11.8 Å². The Balaban J connectivity index is 1.96. The van der Waals surface area contributed by atoms with Crippen molar-refractivity contribution in [1.82, 2.24) is 0 Å². The minimum Gasteiger partial charge on any atom is -0.507 e. The first-order valence-electron chi connectivity index (χ1n) is 7.89. The molecule has 1 fully saturated rings. The summed E-state index contributed by atoms with van der Waals surface area (Å²) in [4.78, 5) is 2.41. The van der Waals surface area contributed by atoms with Crippen LogP contribution in [0.1, 0.15) is 37.7 Å². The number of phenolic OH excluding ortho intramolecular Hbond substituents is 1. The first kappa shape index (κ1) is 17.6. The Kier molecular flexibility index (Phi) is 4.61. The van der Waals surface area contributed by atoms with Crippen LogP contribution in [-0.4, -0.2) is 29.4 Å². The Hall–Kier alpha value is -1.18. The molecule has 0 aromatic heterocycles. The first-order chi connectivity index (χ1) is 11.2. The summed E-state index contributed by atoms with van der Waals surface area (Å²) in [5.41, 5.74) is -0.673. The molecule has 3 rings (SSSR count). The molecule has 0 unspecified atom stereocenters. The Labute approximate surface area is 141 Å². The summed E-state index contributed by atoms with van der Waals surface area (Å²) in [6.07, 6.45) is -3.84. The molecule has 2 aliphatic rings. The van der Waals surface area contributed by atoms with Crippen LogP contribution in [0.2, 0.25) is 0 Å². The number of aromatic hydroxyl groups is 1. The summed E-state index contributed by atoms with van der Waals surface area (Å²) < 4.78 is 66.1. The fourth-order valence-corrected chi connectivity index (χ4v) is 4.39. The van der Waals surface area contributed by atoms with Gasteiger partial charge in [-0.2, -0.15) is 13.2 Å². The molecule has 2 nitrogen and oxygen atoms in total. The van der Waals surface area contributed by atoms with Crippen molar-refractivity contribution >= 4 is 17.4 Å². The largest absolute Gasteiger partial charge is 0.507 e. The van der Waals surface area contributed by atoms with Gasteiger partial charge in [-0.25, -0.2) is 8.78 Å². The Bertz CT molecular complexity index is 609. The third-order valence-electron chi connectivity index (χ3n) is 4.62. The molecule has 1 aliphatic heterocycles. The van der Waals surface area contributed by atoms with Gasteiger partial charge in [-0.3, -0.25) is 0 Å². The standard InChI is InChI=1S/C16H18F5NOS/c17-15(18)4-2-10(3-5-15)22-6-1-7-24-14-9-13(23)11(8-12(14)22)16(19,20)21/h8-10,23H,1-7H2. The lowest BCUT2D eigenvalue weighted by Gasteiger charge is -2.38. The number of hydrogen-bond acceptors (Lipinski definition) is 3. The molecular weight excluding hydrogens is 349 g/mol. The van der Waals surface area contributed by atoms with Crippen LogP contribution in [0.5, 0.6) is 5.75 Å². The van der Waals surface area contributed by atoms with E-state index in [2.05, 4.69) is 0 Å². The van der Waals surface area contributed by atoms with E-state index in [1.54, 1.807) is 0 Å². The summed E-state index contributed by atoms with van der Waals surface area (Å²) in [5, 5.41) is 9.71. The number of hydrogen-bond donors (Lipinski definition) is 1. The second-order valence-corrected chi connectivity index (χ2v) is 7.45. The molecule has 1 N–H and O–H groups in total. The van der Waals surface area contributed by atoms with Gasteiger partial charge in [0.05, 0.1) is 11.3 Å². The molecule has 0 radical (unpaired) electrons. The van der Waals surface area contributed by atoms with E-state index in [-0.39, 0.29) is 31.7 Å². The molecule has 8 heteroatoms. The van der Waals surface area contributed by atoms with Crippen molar-refractivity contribution in [1.29, 1.82) is 0 Å². The number of rotatable bonds is 1. The molecule has 1 aromatic rings. The zero-order chi connectivity index (χ0) is 17.5. The molecule has 1 heterocycles. The van der Waals surface area contributed by atoms with Crippen molar-refractivity contribution in [2.45, 2.75) is 55.1 Å². The van der Waals surface area contributed by atoms with E-state index in [4.69, 9.17) is 0 Å². The number of nitrogens with zero attached hydrogens (tertiary/aromatic N) is 1. The molecule has 0 bridgehead atoms. The van der Waals surface area contributed by atoms with Crippen LogP contribution in [0.4, 0.5) is 27.6 Å². The van der Waals surface area contributed by atoms with Gasteiger partial charge in [-0.15, -0.1) is 11.8 Å². The number of benzene rings is 1. The smallest absolute Gasteiger partial charge is 0.420 e. The van der Waals surface area contributed by atoms with E-state index in [1.165, 1.54) is 11.8 Å². The number of halogens is 5. The van der Waals surface area contributed by atoms with Crippen molar-refractivity contribution in [3.05, 3.63) is 17.7 Å². The highest BCUT2D eigenvalue weighted by atomic mass is 32.2. The number of phenols is 1. The molecule has 0 saturated heterocycles. The molecular formula is C16H18F5NOS. The number of fused-ring (bicyclic) bond motifs is 1. The van der Waals surface area contributed by atoms with E-state index in [9.17, 15) is 27.1 Å². The maximum absolute atomic E-state index is 13.4. The number of anilines is 1. The molecule has 0 atom stereocenters. The quantitative estimate of drug-likeness (QED) is 0.682. The minimum atomic E-state index is -4.65. The second-order valence-electron chi connectivity index (χ2n) is 6.32. The van der Waals surface area contributed by atoms with E-state index < -0.39 is 23.4 Å². The predicted octanol–water partition coefficient (Wildman–Crippen LogP) is 5.29. The maximum atomic E-state index is 13.4. The van der Waals surface area contributed by atoms with Gasteiger partial charge in [0.1, 0.15) is 5.75 Å². The zero-order valence-corrected chi connectivity index (χ0v) is 13.7. The van der Waals surface area contributed by atoms with Crippen molar-refractivity contribution in [2.24, 2.45) is 0 Å². The zero-order valence-electron chi connectivity index (χ0n) is 12.9. The van der Waals surface area contributed by atoms with E-state index in [0.29, 0.717) is 17.1 Å². The van der Waals surface area contributed by atoms with Crippen molar-refractivity contribution in [3.63, 3.8) is 0 Å². The van der Waals surface area contributed by atoms with E-state index in [1.807, 2.05) is 4.90 Å². The fraction of sp³-hybridized carbons (Fsp3) is 0.625. The average Bonchev–Trinajstić information content (AvgIpc) is 2.67. The summed E-state index contributed by atoms with van der Waals surface area (Å²) in [6.45, 7) is 0.540. The minimum absolute atomic E-state index is 0.187. The van der Waals surface area contributed by atoms with Crippen LogP contribution < -0.4 is 4.90 Å². The monoisotopic (exact) mass is 367 g/mol. The van der Waals surface area contributed by atoms with Gasteiger partial charge < -0.3 is 10.0 Å². The lowest BCUT2D eigenvalue weighted by atomic mass is 9.90. The topological polar surface area (TPSA) is 23.5 Å². The average molecular weight is 367 g/mol. The van der Waals surface area contributed by atoms with Crippen molar-refractivity contribution in [2.75, 3.05) is 17.2 Å². The lowest BCUT2D eigenvalue weighted by molar-refractivity contribution is -0.138. The fourth-order valence-electron chi connectivity index (χ4n) is 3.38. The maximum Gasteiger partial charge on any atom is 0.420 e. The Morgan fingerprint density at radius 3 is 2.46 bits per heavy atom. The molecule has 0 spiro atoms. The van der Waals surface area contributed by atoms with Gasteiger partial charge in [0.15, 0.2) is 0 Å². The van der Waals surface area contributed by atoms with Gasteiger partial charge in [-0.05, 0) is 37.1 Å². The predicted molar refractivity (Wildman–Crippen MR) is 83.0 cm³/mol. The van der Waals surface area contributed by atoms with E-state index >= 15 is 0 Å². The molecule has 24 heavy (non-hydrogen) atoms.